The zero-order chi connectivity index (χ0) is 21.2. The van der Waals surface area contributed by atoms with Gasteiger partial charge in [-0.05, 0) is 68.6 Å². The number of aromatic nitrogens is 3. The molecule has 2 aromatic carbocycles. The molecule has 4 N–H and O–H groups in total. The van der Waals surface area contributed by atoms with Crippen LogP contribution in [0, 0.1) is 6.92 Å². The van der Waals surface area contributed by atoms with Crippen molar-refractivity contribution in [3.05, 3.63) is 70.3 Å². The fourth-order valence-corrected chi connectivity index (χ4v) is 3.39. The minimum atomic E-state index is -0.470. The highest BCUT2D eigenvalue weighted by atomic mass is 16.4. The lowest BCUT2D eigenvalue weighted by Crippen LogP contribution is -2.19. The van der Waals surface area contributed by atoms with Gasteiger partial charge in [0.15, 0.2) is 5.58 Å². The van der Waals surface area contributed by atoms with Crippen molar-refractivity contribution >= 4 is 34.2 Å². The van der Waals surface area contributed by atoms with Crippen LogP contribution in [-0.2, 0) is 6.42 Å². The average molecular weight is 416 g/mol. The summed E-state index contributed by atoms with van der Waals surface area (Å²) in [5.74, 6) is 0.724. The first-order chi connectivity index (χ1) is 15.1. The lowest BCUT2D eigenvalue weighted by Gasteiger charge is -2.11. The van der Waals surface area contributed by atoms with Crippen molar-refractivity contribution in [2.75, 3.05) is 17.2 Å². The molecule has 2 heterocycles. The Hall–Kier alpha value is -3.65. The Morgan fingerprint density at radius 3 is 2.71 bits per heavy atom. The maximum atomic E-state index is 11.4. The molecule has 2 aromatic heterocycles. The van der Waals surface area contributed by atoms with Gasteiger partial charge >= 0.3 is 5.76 Å². The molecule has 0 unspecified atom stereocenters. The zero-order valence-electron chi connectivity index (χ0n) is 17.2. The molecule has 5 rings (SSSR count). The highest BCUT2D eigenvalue weighted by Crippen LogP contribution is 2.23. The van der Waals surface area contributed by atoms with Crippen LogP contribution in [0.5, 0.6) is 0 Å². The summed E-state index contributed by atoms with van der Waals surface area (Å²) in [6.07, 6.45) is 5.42. The van der Waals surface area contributed by atoms with Crippen LogP contribution >= 0.6 is 0 Å². The van der Waals surface area contributed by atoms with Gasteiger partial charge in [-0.2, -0.15) is 4.98 Å². The molecule has 8 nitrogen and oxygen atoms in total. The van der Waals surface area contributed by atoms with Crippen LogP contribution in [0.1, 0.15) is 24.0 Å². The maximum absolute atomic E-state index is 11.4. The minimum Gasteiger partial charge on any atom is -0.408 e. The van der Waals surface area contributed by atoms with E-state index in [1.54, 1.807) is 12.3 Å². The number of nitrogens with one attached hydrogen (secondary N) is 4. The Kier molecular flexibility index (Phi) is 5.13. The second-order valence-corrected chi connectivity index (χ2v) is 7.88. The van der Waals surface area contributed by atoms with E-state index in [0.29, 0.717) is 22.9 Å². The second kappa shape index (κ2) is 8.23. The predicted molar refractivity (Wildman–Crippen MR) is 121 cm³/mol. The molecular weight excluding hydrogens is 392 g/mol. The smallest absolute Gasteiger partial charge is 0.408 e. The van der Waals surface area contributed by atoms with Crippen LogP contribution in [0.2, 0.25) is 0 Å². The average Bonchev–Trinajstić information content (AvgIpc) is 3.51. The fourth-order valence-electron chi connectivity index (χ4n) is 3.39. The van der Waals surface area contributed by atoms with E-state index in [4.69, 9.17) is 4.42 Å². The second-order valence-electron chi connectivity index (χ2n) is 7.88. The summed E-state index contributed by atoms with van der Waals surface area (Å²) in [6.45, 7) is 2.96. The molecule has 0 amide bonds. The molecule has 0 radical (unpaired) electrons. The predicted octanol–water partition coefficient (Wildman–Crippen LogP) is 4.00. The molecular formula is C23H24N6O2. The van der Waals surface area contributed by atoms with E-state index in [9.17, 15) is 4.79 Å². The Morgan fingerprint density at radius 1 is 1.10 bits per heavy atom. The third kappa shape index (κ3) is 4.75. The van der Waals surface area contributed by atoms with Crippen molar-refractivity contribution in [3.8, 4) is 0 Å². The number of aryl methyl sites for hydroxylation is 1. The molecule has 0 saturated heterocycles. The first kappa shape index (κ1) is 19.3. The fraction of sp³-hybridized carbons (Fsp3) is 0.261. The van der Waals surface area contributed by atoms with E-state index in [2.05, 4.69) is 43.0 Å². The van der Waals surface area contributed by atoms with E-state index < -0.39 is 5.76 Å². The van der Waals surface area contributed by atoms with Gasteiger partial charge in [0.05, 0.1) is 5.52 Å². The number of anilines is 4. The van der Waals surface area contributed by atoms with Gasteiger partial charge in [0, 0.05) is 29.2 Å². The topological polar surface area (TPSA) is 108 Å². The summed E-state index contributed by atoms with van der Waals surface area (Å²) in [6, 6.07) is 14.5. The molecule has 0 bridgehead atoms. The number of H-pyrrole nitrogens is 1. The van der Waals surface area contributed by atoms with Gasteiger partial charge < -0.3 is 20.4 Å². The van der Waals surface area contributed by atoms with Gasteiger partial charge in [0.25, 0.3) is 0 Å². The SMILES string of the molecule is Cc1cnc(Nc2ccc(CCNC3CC3)cc2)nc1Nc1ccc2oc(=O)[nH]c2c1. The normalized spacial score (nSPS) is 13.5. The highest BCUT2D eigenvalue weighted by Gasteiger charge is 2.19. The summed E-state index contributed by atoms with van der Waals surface area (Å²) in [4.78, 5) is 23.0. The molecule has 8 heteroatoms. The molecule has 158 valence electrons. The molecule has 1 aliphatic rings. The first-order valence-electron chi connectivity index (χ1n) is 10.5. The van der Waals surface area contributed by atoms with Gasteiger partial charge in [-0.15, -0.1) is 0 Å². The Morgan fingerprint density at radius 2 is 1.90 bits per heavy atom. The minimum absolute atomic E-state index is 0.470. The van der Waals surface area contributed by atoms with E-state index >= 15 is 0 Å². The van der Waals surface area contributed by atoms with Crippen molar-refractivity contribution in [1.82, 2.24) is 20.3 Å². The Labute approximate surface area is 179 Å². The summed E-state index contributed by atoms with van der Waals surface area (Å²) >= 11 is 0. The number of aromatic amines is 1. The van der Waals surface area contributed by atoms with E-state index in [1.807, 2.05) is 31.2 Å². The van der Waals surface area contributed by atoms with Gasteiger partial charge in [0.1, 0.15) is 5.82 Å². The van der Waals surface area contributed by atoms with Gasteiger partial charge in [-0.25, -0.2) is 9.78 Å². The third-order valence-corrected chi connectivity index (χ3v) is 5.29. The molecule has 4 aromatic rings. The highest BCUT2D eigenvalue weighted by molar-refractivity contribution is 5.78. The standard InChI is InChI=1S/C23H24N6O2/c1-14-13-25-22(27-17-4-2-15(3-5-17)10-11-24-16-6-7-16)29-21(14)26-18-8-9-20-19(12-18)28-23(30)31-20/h2-5,8-9,12-13,16,24H,6-7,10-11H2,1H3,(H,28,30)(H2,25,26,27,29). The molecule has 0 spiro atoms. The molecule has 1 fully saturated rings. The van der Waals surface area contributed by atoms with Gasteiger partial charge in [-0.1, -0.05) is 12.1 Å². The summed E-state index contributed by atoms with van der Waals surface area (Å²) in [7, 11) is 0. The van der Waals surface area contributed by atoms with Gasteiger partial charge in [-0.3, -0.25) is 4.98 Å². The maximum Gasteiger partial charge on any atom is 0.417 e. The van der Waals surface area contributed by atoms with Crippen LogP contribution in [0.4, 0.5) is 23.1 Å². The number of hydrogen-bond donors (Lipinski definition) is 4. The van der Waals surface area contributed by atoms with Crippen LogP contribution in [0.25, 0.3) is 11.1 Å². The van der Waals surface area contributed by atoms with Gasteiger partial charge in [0.2, 0.25) is 5.95 Å². The summed E-state index contributed by atoms with van der Waals surface area (Å²) in [5, 5.41) is 10.1. The number of benzene rings is 2. The molecule has 0 aliphatic heterocycles. The molecule has 1 aliphatic carbocycles. The number of oxazole rings is 1. The number of hydrogen-bond acceptors (Lipinski definition) is 7. The Bertz CT molecular complexity index is 1260. The van der Waals surface area contributed by atoms with E-state index in [0.717, 1.165) is 35.9 Å². The number of rotatable bonds is 8. The summed E-state index contributed by atoms with van der Waals surface area (Å²) < 4.78 is 5.05. The third-order valence-electron chi connectivity index (χ3n) is 5.29. The van der Waals surface area contributed by atoms with Crippen molar-refractivity contribution in [3.63, 3.8) is 0 Å². The van der Waals surface area contributed by atoms with E-state index in [-0.39, 0.29) is 0 Å². The van der Waals surface area contributed by atoms with Crippen LogP contribution in [0.15, 0.2) is 57.9 Å². The molecule has 1 saturated carbocycles. The Balaban J connectivity index is 1.26. The van der Waals surface area contributed by atoms with Crippen LogP contribution < -0.4 is 21.7 Å². The van der Waals surface area contributed by atoms with Crippen LogP contribution in [-0.4, -0.2) is 27.5 Å². The van der Waals surface area contributed by atoms with Crippen molar-refractivity contribution in [2.45, 2.75) is 32.2 Å². The molecule has 0 atom stereocenters. The van der Waals surface area contributed by atoms with Crippen LogP contribution in [0.3, 0.4) is 0 Å². The lowest BCUT2D eigenvalue weighted by atomic mass is 10.1. The lowest BCUT2D eigenvalue weighted by molar-refractivity contribution is 0.555. The number of nitrogens with zero attached hydrogens (tertiary/aromatic N) is 2. The quantitative estimate of drug-likeness (QED) is 0.344. The van der Waals surface area contributed by atoms with Crippen molar-refractivity contribution in [2.24, 2.45) is 0 Å². The first-order valence-corrected chi connectivity index (χ1v) is 10.5. The van der Waals surface area contributed by atoms with Crippen molar-refractivity contribution in [1.29, 1.82) is 0 Å². The van der Waals surface area contributed by atoms with E-state index in [1.165, 1.54) is 18.4 Å². The largest absolute Gasteiger partial charge is 0.417 e. The summed E-state index contributed by atoms with van der Waals surface area (Å²) in [5.41, 5.74) is 5.09. The number of fused-ring (bicyclic) bond motifs is 1. The van der Waals surface area contributed by atoms with Crippen molar-refractivity contribution < 1.29 is 4.42 Å². The monoisotopic (exact) mass is 416 g/mol. The zero-order valence-corrected chi connectivity index (χ0v) is 17.2. The molecule has 31 heavy (non-hydrogen) atoms.